The lowest BCUT2D eigenvalue weighted by Gasteiger charge is -2.05. The van der Waals surface area contributed by atoms with Crippen molar-refractivity contribution >= 4 is 22.7 Å². The topological polar surface area (TPSA) is 64.1 Å². The maximum absolute atomic E-state index is 11.6. The van der Waals surface area contributed by atoms with Crippen LogP contribution in [-0.2, 0) is 4.74 Å². The Morgan fingerprint density at radius 3 is 2.94 bits per heavy atom. The van der Waals surface area contributed by atoms with Gasteiger partial charge in [0.25, 0.3) is 0 Å². The van der Waals surface area contributed by atoms with Gasteiger partial charge in [-0.15, -0.1) is 0 Å². The van der Waals surface area contributed by atoms with E-state index >= 15 is 0 Å². The highest BCUT2D eigenvalue weighted by Gasteiger charge is 2.09. The summed E-state index contributed by atoms with van der Waals surface area (Å²) in [5.41, 5.74) is 1.22. The second-order valence-corrected chi connectivity index (χ2v) is 3.42. The average Bonchev–Trinajstić information content (AvgIpc) is 2.37. The Balaban J connectivity index is 2.48. The summed E-state index contributed by atoms with van der Waals surface area (Å²) in [6.07, 6.45) is 1.46. The van der Waals surface area contributed by atoms with Crippen LogP contribution in [-0.4, -0.2) is 29.6 Å². The Bertz CT molecular complexity index is 554. The Labute approximate surface area is 98.8 Å². The number of carbonyl (C=O) groups excluding carboxylic acids is 1. The molecule has 0 radical (unpaired) electrons. The van der Waals surface area contributed by atoms with Gasteiger partial charge >= 0.3 is 5.97 Å². The molecule has 1 aromatic carbocycles. The van der Waals surface area contributed by atoms with Gasteiger partial charge in [-0.05, 0) is 25.1 Å². The number of hydrogen-bond donors (Lipinski definition) is 1. The quantitative estimate of drug-likeness (QED) is 0.817. The van der Waals surface area contributed by atoms with Crippen molar-refractivity contribution in [3.05, 3.63) is 30.1 Å². The zero-order valence-electron chi connectivity index (χ0n) is 9.73. The summed E-state index contributed by atoms with van der Waals surface area (Å²) in [4.78, 5) is 19.8. The van der Waals surface area contributed by atoms with Crippen molar-refractivity contribution in [2.24, 2.45) is 0 Å². The summed E-state index contributed by atoms with van der Waals surface area (Å²) in [6.45, 7) is 2.14. The highest BCUT2D eigenvalue weighted by molar-refractivity contribution is 5.97. The van der Waals surface area contributed by atoms with Crippen LogP contribution in [0.25, 0.3) is 10.9 Å². The molecule has 1 heterocycles. The highest BCUT2D eigenvalue weighted by Crippen LogP contribution is 2.20. The van der Waals surface area contributed by atoms with Crippen molar-refractivity contribution in [3.8, 4) is 0 Å². The SMILES string of the molecule is CCOC(=O)c1ccc2c(NC)ncnc2c1. The summed E-state index contributed by atoms with van der Waals surface area (Å²) in [5.74, 6) is 0.407. The van der Waals surface area contributed by atoms with Crippen molar-refractivity contribution < 1.29 is 9.53 Å². The Morgan fingerprint density at radius 1 is 1.41 bits per heavy atom. The van der Waals surface area contributed by atoms with Crippen LogP contribution in [0.1, 0.15) is 17.3 Å². The van der Waals surface area contributed by atoms with Crippen LogP contribution in [0.2, 0.25) is 0 Å². The minimum Gasteiger partial charge on any atom is -0.462 e. The molecule has 0 aliphatic heterocycles. The van der Waals surface area contributed by atoms with E-state index in [1.54, 1.807) is 26.1 Å². The maximum atomic E-state index is 11.6. The molecule has 1 N–H and O–H groups in total. The summed E-state index contributed by atoms with van der Waals surface area (Å²) in [6, 6.07) is 5.23. The number of ether oxygens (including phenoxy) is 1. The number of hydrogen-bond acceptors (Lipinski definition) is 5. The molecular formula is C12H13N3O2. The lowest BCUT2D eigenvalue weighted by Crippen LogP contribution is -2.04. The molecule has 0 atom stereocenters. The van der Waals surface area contributed by atoms with E-state index in [9.17, 15) is 4.79 Å². The molecule has 0 amide bonds. The predicted octanol–water partition coefficient (Wildman–Crippen LogP) is 1.85. The molecule has 0 fully saturated rings. The molecule has 0 spiro atoms. The van der Waals surface area contributed by atoms with Crippen LogP contribution in [0.5, 0.6) is 0 Å². The third-order valence-corrected chi connectivity index (χ3v) is 2.38. The second-order valence-electron chi connectivity index (χ2n) is 3.42. The molecule has 5 heteroatoms. The van der Waals surface area contributed by atoms with Crippen LogP contribution in [0.3, 0.4) is 0 Å². The number of rotatable bonds is 3. The van der Waals surface area contributed by atoms with E-state index in [2.05, 4.69) is 15.3 Å². The second kappa shape index (κ2) is 4.78. The van der Waals surface area contributed by atoms with E-state index in [0.717, 1.165) is 16.7 Å². The smallest absolute Gasteiger partial charge is 0.338 e. The molecule has 88 valence electrons. The number of esters is 1. The first-order chi connectivity index (χ1) is 8.26. The van der Waals surface area contributed by atoms with Crippen molar-refractivity contribution in [3.63, 3.8) is 0 Å². The molecular weight excluding hydrogens is 218 g/mol. The van der Waals surface area contributed by atoms with E-state index < -0.39 is 0 Å². The molecule has 2 rings (SSSR count). The van der Waals surface area contributed by atoms with Gasteiger partial charge in [-0.1, -0.05) is 0 Å². The van der Waals surface area contributed by atoms with E-state index in [1.807, 2.05) is 6.07 Å². The highest BCUT2D eigenvalue weighted by atomic mass is 16.5. The van der Waals surface area contributed by atoms with Crippen LogP contribution < -0.4 is 5.32 Å². The number of fused-ring (bicyclic) bond motifs is 1. The number of aromatic nitrogens is 2. The van der Waals surface area contributed by atoms with E-state index in [1.165, 1.54) is 6.33 Å². The van der Waals surface area contributed by atoms with Crippen LogP contribution in [0.4, 0.5) is 5.82 Å². The molecule has 0 saturated carbocycles. The van der Waals surface area contributed by atoms with Gasteiger partial charge in [0.05, 0.1) is 17.7 Å². The van der Waals surface area contributed by atoms with Gasteiger partial charge in [0.1, 0.15) is 12.1 Å². The Morgan fingerprint density at radius 2 is 2.24 bits per heavy atom. The summed E-state index contributed by atoms with van der Waals surface area (Å²) < 4.78 is 4.94. The maximum Gasteiger partial charge on any atom is 0.338 e. The van der Waals surface area contributed by atoms with Gasteiger partial charge < -0.3 is 10.1 Å². The zero-order valence-corrected chi connectivity index (χ0v) is 9.73. The predicted molar refractivity (Wildman–Crippen MR) is 65.0 cm³/mol. The molecule has 0 unspecified atom stereocenters. The van der Waals surface area contributed by atoms with Crippen molar-refractivity contribution in [2.45, 2.75) is 6.92 Å². The first-order valence-electron chi connectivity index (χ1n) is 5.36. The van der Waals surface area contributed by atoms with Crippen molar-refractivity contribution in [1.82, 2.24) is 9.97 Å². The van der Waals surface area contributed by atoms with Gasteiger partial charge in [0.15, 0.2) is 0 Å². The molecule has 0 bridgehead atoms. The van der Waals surface area contributed by atoms with Crippen LogP contribution in [0.15, 0.2) is 24.5 Å². The third kappa shape index (κ3) is 2.18. The van der Waals surface area contributed by atoms with Gasteiger partial charge in [-0.2, -0.15) is 0 Å². The lowest BCUT2D eigenvalue weighted by molar-refractivity contribution is 0.0526. The number of nitrogens with one attached hydrogen (secondary N) is 1. The van der Waals surface area contributed by atoms with E-state index in [-0.39, 0.29) is 5.97 Å². The molecule has 0 saturated heterocycles. The number of anilines is 1. The first kappa shape index (κ1) is 11.3. The fourth-order valence-corrected chi connectivity index (χ4v) is 1.60. The van der Waals surface area contributed by atoms with E-state index in [0.29, 0.717) is 12.2 Å². The monoisotopic (exact) mass is 231 g/mol. The summed E-state index contributed by atoms with van der Waals surface area (Å²) >= 11 is 0. The number of carbonyl (C=O) groups is 1. The molecule has 2 aromatic rings. The Kier molecular flexibility index (Phi) is 3.18. The lowest BCUT2D eigenvalue weighted by atomic mass is 10.1. The number of nitrogens with zero attached hydrogens (tertiary/aromatic N) is 2. The van der Waals surface area contributed by atoms with Crippen molar-refractivity contribution in [1.29, 1.82) is 0 Å². The van der Waals surface area contributed by atoms with Gasteiger partial charge in [-0.25, -0.2) is 14.8 Å². The molecule has 1 aromatic heterocycles. The van der Waals surface area contributed by atoms with Crippen LogP contribution >= 0.6 is 0 Å². The van der Waals surface area contributed by atoms with Gasteiger partial charge in [-0.3, -0.25) is 0 Å². The largest absolute Gasteiger partial charge is 0.462 e. The molecule has 17 heavy (non-hydrogen) atoms. The summed E-state index contributed by atoms with van der Waals surface area (Å²) in [7, 11) is 1.79. The molecule has 0 aliphatic rings. The van der Waals surface area contributed by atoms with Gasteiger partial charge in [0.2, 0.25) is 0 Å². The summed E-state index contributed by atoms with van der Waals surface area (Å²) in [5, 5.41) is 3.85. The van der Waals surface area contributed by atoms with Crippen LogP contribution in [0, 0.1) is 0 Å². The average molecular weight is 231 g/mol. The number of benzene rings is 1. The Hall–Kier alpha value is -2.17. The molecule has 0 aliphatic carbocycles. The standard InChI is InChI=1S/C12H13N3O2/c1-3-17-12(16)8-4-5-9-10(6-8)14-7-15-11(9)13-2/h4-7H,3H2,1-2H3,(H,13,14,15). The molecule has 5 nitrogen and oxygen atoms in total. The minimum absolute atomic E-state index is 0.334. The fourth-order valence-electron chi connectivity index (χ4n) is 1.60. The minimum atomic E-state index is -0.334. The van der Waals surface area contributed by atoms with E-state index in [4.69, 9.17) is 4.74 Å². The first-order valence-corrected chi connectivity index (χ1v) is 5.36. The van der Waals surface area contributed by atoms with Gasteiger partial charge in [0, 0.05) is 12.4 Å². The third-order valence-electron chi connectivity index (χ3n) is 2.38. The fraction of sp³-hybridized carbons (Fsp3) is 0.250. The zero-order chi connectivity index (χ0) is 12.3. The normalized spacial score (nSPS) is 10.2. The van der Waals surface area contributed by atoms with Crippen molar-refractivity contribution in [2.75, 3.05) is 19.0 Å².